The van der Waals surface area contributed by atoms with Crippen molar-refractivity contribution in [3.8, 4) is 17.2 Å². The number of aliphatic imine (C=N–C) groups is 1. The maximum atomic E-state index is 12.1. The second kappa shape index (κ2) is 8.85. The normalized spacial score (nSPS) is 11.0. The van der Waals surface area contributed by atoms with Gasteiger partial charge in [-0.15, -0.1) is 0 Å². The van der Waals surface area contributed by atoms with Gasteiger partial charge >= 0.3 is 6.03 Å². The summed E-state index contributed by atoms with van der Waals surface area (Å²) in [4.78, 5) is 16.2. The zero-order valence-corrected chi connectivity index (χ0v) is 15.1. The molecule has 0 heterocycles. The van der Waals surface area contributed by atoms with E-state index in [9.17, 15) is 4.79 Å². The van der Waals surface area contributed by atoms with Crippen molar-refractivity contribution in [2.45, 2.75) is 27.2 Å². The molecule has 0 spiro atoms. The van der Waals surface area contributed by atoms with Crippen LogP contribution in [0.5, 0.6) is 17.2 Å². The van der Waals surface area contributed by atoms with Crippen molar-refractivity contribution in [2.75, 3.05) is 33.2 Å². The first-order chi connectivity index (χ1) is 11.4. The van der Waals surface area contributed by atoms with Gasteiger partial charge in [0.1, 0.15) is 0 Å². The number of nitrogens with zero attached hydrogens (tertiary/aromatic N) is 1. The zero-order valence-electron chi connectivity index (χ0n) is 15.1. The number of carbonyl (C=O) groups is 1. The van der Waals surface area contributed by atoms with Crippen LogP contribution in [0.25, 0.3) is 0 Å². The van der Waals surface area contributed by atoms with E-state index in [1.165, 1.54) is 21.3 Å². The van der Waals surface area contributed by atoms with E-state index in [0.29, 0.717) is 40.6 Å². The maximum absolute atomic E-state index is 12.1. The molecular weight excluding hydrogens is 312 g/mol. The Morgan fingerprint density at radius 2 is 1.54 bits per heavy atom. The molecule has 134 valence electrons. The molecule has 0 radical (unpaired) electrons. The summed E-state index contributed by atoms with van der Waals surface area (Å²) >= 11 is 0. The lowest BCUT2D eigenvalue weighted by Gasteiger charge is -2.21. The highest BCUT2D eigenvalue weighted by Crippen LogP contribution is 2.46. The van der Waals surface area contributed by atoms with Crippen molar-refractivity contribution < 1.29 is 19.0 Å². The molecule has 24 heavy (non-hydrogen) atoms. The van der Waals surface area contributed by atoms with E-state index in [1.807, 2.05) is 20.8 Å². The number of anilines is 1. The van der Waals surface area contributed by atoms with Crippen molar-refractivity contribution >= 4 is 17.7 Å². The summed E-state index contributed by atoms with van der Waals surface area (Å²) in [6, 6.07) is -0.493. The number of ether oxygens (including phenoxy) is 3. The predicted octanol–water partition coefficient (Wildman–Crippen LogP) is 2.18. The lowest BCUT2D eigenvalue weighted by atomic mass is 10.1. The number of guanidine groups is 1. The molecule has 0 unspecified atom stereocenters. The van der Waals surface area contributed by atoms with E-state index in [1.54, 1.807) is 0 Å². The van der Waals surface area contributed by atoms with Crippen LogP contribution in [-0.2, 0) is 0 Å². The van der Waals surface area contributed by atoms with Gasteiger partial charge in [0.15, 0.2) is 17.5 Å². The topological polar surface area (TPSA) is 107 Å². The van der Waals surface area contributed by atoms with Crippen LogP contribution in [0.4, 0.5) is 10.5 Å². The Kier molecular flexibility index (Phi) is 7.16. The van der Waals surface area contributed by atoms with Crippen LogP contribution in [-0.4, -0.2) is 39.9 Å². The maximum Gasteiger partial charge on any atom is 0.326 e. The number of nitrogens with two attached hydrogens (primary N) is 1. The van der Waals surface area contributed by atoms with E-state index >= 15 is 0 Å². The Bertz CT molecular complexity index is 598. The van der Waals surface area contributed by atoms with Crippen molar-refractivity contribution in [1.29, 1.82) is 0 Å². The minimum atomic E-state index is -0.493. The number of hydrogen-bond acceptors (Lipinski definition) is 5. The summed E-state index contributed by atoms with van der Waals surface area (Å²) in [5.41, 5.74) is 7.65. The van der Waals surface area contributed by atoms with Crippen LogP contribution < -0.4 is 30.6 Å². The fourth-order valence-corrected chi connectivity index (χ4v) is 2.35. The summed E-state index contributed by atoms with van der Waals surface area (Å²) in [5, 5.41) is 5.25. The van der Waals surface area contributed by atoms with Gasteiger partial charge in [0.05, 0.1) is 27.0 Å². The minimum absolute atomic E-state index is 0.0668. The molecule has 0 saturated heterocycles. The van der Waals surface area contributed by atoms with Crippen LogP contribution in [0.2, 0.25) is 0 Å². The number of benzene rings is 1. The molecule has 2 amide bonds. The third-order valence-corrected chi connectivity index (χ3v) is 3.44. The Balaban J connectivity index is 3.18. The predicted molar refractivity (Wildman–Crippen MR) is 94.5 cm³/mol. The molecule has 0 aliphatic rings. The number of urea groups is 1. The number of nitrogens with one attached hydrogen (secondary N) is 2. The third kappa shape index (κ3) is 4.21. The van der Waals surface area contributed by atoms with Crippen LogP contribution >= 0.6 is 0 Å². The Hall–Kier alpha value is -2.64. The third-order valence-electron chi connectivity index (χ3n) is 3.44. The van der Waals surface area contributed by atoms with Gasteiger partial charge in [0, 0.05) is 17.7 Å². The van der Waals surface area contributed by atoms with Crippen molar-refractivity contribution in [1.82, 2.24) is 5.32 Å². The van der Waals surface area contributed by atoms with Crippen molar-refractivity contribution in [2.24, 2.45) is 10.7 Å². The van der Waals surface area contributed by atoms with E-state index in [2.05, 4.69) is 15.6 Å². The van der Waals surface area contributed by atoms with Gasteiger partial charge in [-0.2, -0.15) is 0 Å². The molecule has 0 fully saturated rings. The van der Waals surface area contributed by atoms with Crippen LogP contribution in [0, 0.1) is 13.8 Å². The molecule has 0 saturated carbocycles. The van der Waals surface area contributed by atoms with Crippen LogP contribution in [0.1, 0.15) is 24.5 Å². The standard InChI is InChI=1S/C16H26N4O4/c1-7-8-18-15(17)20-16(21)19-11-9(2)12(22-4)14(24-6)13(23-5)10(11)3/h7-8H2,1-6H3,(H4,17,18,19,20,21). The fourth-order valence-electron chi connectivity index (χ4n) is 2.35. The summed E-state index contributed by atoms with van der Waals surface area (Å²) in [5.74, 6) is 1.52. The smallest absolute Gasteiger partial charge is 0.326 e. The van der Waals surface area contributed by atoms with E-state index in [4.69, 9.17) is 19.9 Å². The average Bonchev–Trinajstić information content (AvgIpc) is 2.56. The minimum Gasteiger partial charge on any atom is -0.492 e. The molecule has 0 atom stereocenters. The molecular formula is C16H26N4O4. The molecule has 0 aliphatic heterocycles. The summed E-state index contributed by atoms with van der Waals surface area (Å²) in [7, 11) is 4.59. The molecule has 0 bridgehead atoms. The monoisotopic (exact) mass is 338 g/mol. The number of rotatable bonds is 6. The number of methoxy groups -OCH3 is 3. The van der Waals surface area contributed by atoms with Crippen molar-refractivity contribution in [3.05, 3.63) is 11.1 Å². The number of amides is 2. The van der Waals surface area contributed by atoms with E-state index in [-0.39, 0.29) is 5.96 Å². The Morgan fingerprint density at radius 3 is 1.96 bits per heavy atom. The van der Waals surface area contributed by atoms with Gasteiger partial charge in [0.25, 0.3) is 0 Å². The zero-order chi connectivity index (χ0) is 18.3. The molecule has 8 nitrogen and oxygen atoms in total. The second-order valence-electron chi connectivity index (χ2n) is 5.07. The van der Waals surface area contributed by atoms with Gasteiger partial charge in [-0.05, 0) is 20.3 Å². The highest BCUT2D eigenvalue weighted by Gasteiger charge is 2.23. The molecule has 8 heteroatoms. The van der Waals surface area contributed by atoms with Gasteiger partial charge in [0.2, 0.25) is 5.75 Å². The first kappa shape index (κ1) is 19.4. The molecule has 1 aromatic rings. The van der Waals surface area contributed by atoms with Gasteiger partial charge in [-0.25, -0.2) is 4.79 Å². The number of carbonyl (C=O) groups excluding carboxylic acids is 1. The highest BCUT2D eigenvalue weighted by molar-refractivity contribution is 6.03. The Labute approximate surface area is 142 Å². The second-order valence-corrected chi connectivity index (χ2v) is 5.07. The first-order valence-electron chi connectivity index (χ1n) is 7.58. The average molecular weight is 338 g/mol. The molecule has 1 rings (SSSR count). The molecule has 4 N–H and O–H groups in total. The molecule has 1 aromatic carbocycles. The summed E-state index contributed by atoms with van der Waals surface area (Å²) in [6.45, 7) is 6.16. The van der Waals surface area contributed by atoms with Gasteiger partial charge in [-0.1, -0.05) is 6.92 Å². The first-order valence-corrected chi connectivity index (χ1v) is 7.58. The van der Waals surface area contributed by atoms with E-state index < -0.39 is 6.03 Å². The molecule has 0 aliphatic carbocycles. The van der Waals surface area contributed by atoms with Crippen LogP contribution in [0.3, 0.4) is 0 Å². The number of hydrogen-bond donors (Lipinski definition) is 3. The Morgan fingerprint density at radius 1 is 1.04 bits per heavy atom. The molecule has 0 aromatic heterocycles. The fraction of sp³-hybridized carbons (Fsp3) is 0.500. The van der Waals surface area contributed by atoms with Crippen LogP contribution in [0.15, 0.2) is 4.99 Å². The lowest BCUT2D eigenvalue weighted by molar-refractivity contribution is 0.256. The lowest BCUT2D eigenvalue weighted by Crippen LogP contribution is -2.40. The highest BCUT2D eigenvalue weighted by atomic mass is 16.5. The van der Waals surface area contributed by atoms with Gasteiger partial charge < -0.3 is 25.3 Å². The van der Waals surface area contributed by atoms with Gasteiger partial charge in [-0.3, -0.25) is 10.3 Å². The van der Waals surface area contributed by atoms with Crippen molar-refractivity contribution in [3.63, 3.8) is 0 Å². The summed E-state index contributed by atoms with van der Waals surface area (Å²) < 4.78 is 16.2. The SMILES string of the molecule is CCCN=C(N)NC(=O)Nc1c(C)c(OC)c(OC)c(OC)c1C. The quantitative estimate of drug-likeness (QED) is 0.544. The summed E-state index contributed by atoms with van der Waals surface area (Å²) in [6.07, 6.45) is 0.842. The largest absolute Gasteiger partial charge is 0.492 e. The van der Waals surface area contributed by atoms with E-state index in [0.717, 1.165) is 6.42 Å².